The third kappa shape index (κ3) is 3.39. The lowest BCUT2D eigenvalue weighted by Gasteiger charge is -2.19. The lowest BCUT2D eigenvalue weighted by atomic mass is 10.0. The minimum Gasteiger partial charge on any atom is -0.361 e. The maximum atomic E-state index is 12.9. The average Bonchev–Trinajstić information content (AvgIpc) is 2.81. The largest absolute Gasteiger partial charge is 0.416 e. The van der Waals surface area contributed by atoms with E-state index in [-0.39, 0.29) is 5.56 Å². The van der Waals surface area contributed by atoms with E-state index in [0.29, 0.717) is 18.0 Å². The summed E-state index contributed by atoms with van der Waals surface area (Å²) in [5.41, 5.74) is 0.274. The van der Waals surface area contributed by atoms with E-state index in [0.717, 1.165) is 6.07 Å². The van der Waals surface area contributed by atoms with Gasteiger partial charge in [-0.05, 0) is 25.5 Å². The molecule has 2 aromatic rings. The van der Waals surface area contributed by atoms with Gasteiger partial charge < -0.3 is 9.84 Å². The lowest BCUT2D eigenvalue weighted by molar-refractivity contribution is -0.138. The van der Waals surface area contributed by atoms with Crippen LogP contribution >= 0.6 is 0 Å². The predicted molar refractivity (Wildman–Crippen MR) is 67.9 cm³/mol. The van der Waals surface area contributed by atoms with Crippen LogP contribution < -0.4 is 5.32 Å². The Labute approximate surface area is 114 Å². The Balaban J connectivity index is 2.11. The number of alkyl halides is 3. The van der Waals surface area contributed by atoms with Crippen LogP contribution in [0.25, 0.3) is 0 Å². The Morgan fingerprint density at radius 2 is 2.00 bits per heavy atom. The number of rotatable bonds is 4. The minimum atomic E-state index is -4.35. The SMILES string of the molecule is Cc1cc(CNC(C)c2ccccc2C(F)(F)F)no1. The first-order valence-electron chi connectivity index (χ1n) is 6.19. The van der Waals surface area contributed by atoms with Crippen LogP contribution in [-0.2, 0) is 12.7 Å². The van der Waals surface area contributed by atoms with Crippen molar-refractivity contribution >= 4 is 0 Å². The fraction of sp³-hybridized carbons (Fsp3) is 0.357. The molecule has 0 fully saturated rings. The quantitative estimate of drug-likeness (QED) is 0.926. The van der Waals surface area contributed by atoms with E-state index >= 15 is 0 Å². The topological polar surface area (TPSA) is 38.1 Å². The van der Waals surface area contributed by atoms with E-state index in [1.807, 2.05) is 0 Å². The highest BCUT2D eigenvalue weighted by molar-refractivity contribution is 5.32. The molecule has 0 bridgehead atoms. The van der Waals surface area contributed by atoms with Gasteiger partial charge >= 0.3 is 6.18 Å². The Bertz CT molecular complexity index is 578. The summed E-state index contributed by atoms with van der Waals surface area (Å²) < 4.78 is 43.7. The molecule has 20 heavy (non-hydrogen) atoms. The second kappa shape index (κ2) is 5.66. The Kier molecular flexibility index (Phi) is 4.13. The lowest BCUT2D eigenvalue weighted by Crippen LogP contribution is -2.21. The van der Waals surface area contributed by atoms with Crippen LogP contribution in [0, 0.1) is 6.92 Å². The summed E-state index contributed by atoms with van der Waals surface area (Å²) in [6, 6.07) is 6.87. The van der Waals surface area contributed by atoms with Crippen molar-refractivity contribution < 1.29 is 17.7 Å². The second-order valence-electron chi connectivity index (χ2n) is 4.62. The monoisotopic (exact) mass is 284 g/mol. The number of hydrogen-bond acceptors (Lipinski definition) is 3. The van der Waals surface area contributed by atoms with Crippen molar-refractivity contribution in [1.29, 1.82) is 0 Å². The van der Waals surface area contributed by atoms with Gasteiger partial charge in [0, 0.05) is 18.7 Å². The van der Waals surface area contributed by atoms with Crippen molar-refractivity contribution in [2.75, 3.05) is 0 Å². The van der Waals surface area contributed by atoms with Gasteiger partial charge in [-0.25, -0.2) is 0 Å². The van der Waals surface area contributed by atoms with Crippen LogP contribution in [0.1, 0.15) is 35.5 Å². The molecule has 0 saturated heterocycles. The fourth-order valence-electron chi connectivity index (χ4n) is 2.00. The summed E-state index contributed by atoms with van der Waals surface area (Å²) in [7, 11) is 0. The van der Waals surface area contributed by atoms with Gasteiger partial charge in [0.05, 0.1) is 11.3 Å². The van der Waals surface area contributed by atoms with Crippen LogP contribution in [0.4, 0.5) is 13.2 Å². The number of halogens is 3. The van der Waals surface area contributed by atoms with Gasteiger partial charge in [-0.15, -0.1) is 0 Å². The smallest absolute Gasteiger partial charge is 0.361 e. The van der Waals surface area contributed by atoms with Gasteiger partial charge in [0.2, 0.25) is 0 Å². The van der Waals surface area contributed by atoms with E-state index < -0.39 is 17.8 Å². The maximum absolute atomic E-state index is 12.9. The van der Waals surface area contributed by atoms with E-state index in [2.05, 4.69) is 10.5 Å². The number of aryl methyl sites for hydroxylation is 1. The molecule has 1 aromatic carbocycles. The van der Waals surface area contributed by atoms with Gasteiger partial charge in [0.15, 0.2) is 0 Å². The molecule has 1 unspecified atom stereocenters. The molecular formula is C14H15F3N2O. The molecule has 3 nitrogen and oxygen atoms in total. The summed E-state index contributed by atoms with van der Waals surface area (Å²) in [5.74, 6) is 0.671. The van der Waals surface area contributed by atoms with E-state index in [4.69, 9.17) is 4.52 Å². The third-order valence-corrected chi connectivity index (χ3v) is 3.00. The second-order valence-corrected chi connectivity index (χ2v) is 4.62. The summed E-state index contributed by atoms with van der Waals surface area (Å²) in [6.45, 7) is 3.81. The van der Waals surface area contributed by atoms with E-state index in [9.17, 15) is 13.2 Å². The van der Waals surface area contributed by atoms with Gasteiger partial charge in [-0.2, -0.15) is 13.2 Å². The van der Waals surface area contributed by atoms with Crippen LogP contribution in [0.15, 0.2) is 34.9 Å². The predicted octanol–water partition coefficient (Wildman–Crippen LogP) is 3.85. The van der Waals surface area contributed by atoms with Gasteiger partial charge in [0.1, 0.15) is 5.76 Å². The van der Waals surface area contributed by atoms with Crippen molar-refractivity contribution in [1.82, 2.24) is 10.5 Å². The molecule has 0 saturated carbocycles. The Morgan fingerprint density at radius 3 is 2.60 bits per heavy atom. The molecule has 1 atom stereocenters. The third-order valence-electron chi connectivity index (χ3n) is 3.00. The average molecular weight is 284 g/mol. The molecule has 1 aromatic heterocycles. The molecule has 0 aliphatic carbocycles. The minimum absolute atomic E-state index is 0.222. The normalized spacial score (nSPS) is 13.4. The molecule has 1 N–H and O–H groups in total. The fourth-order valence-corrected chi connectivity index (χ4v) is 2.00. The highest BCUT2D eigenvalue weighted by atomic mass is 19.4. The Morgan fingerprint density at radius 1 is 1.30 bits per heavy atom. The number of aromatic nitrogens is 1. The van der Waals surface area contributed by atoms with Crippen molar-refractivity contribution in [2.24, 2.45) is 0 Å². The number of hydrogen-bond donors (Lipinski definition) is 1. The Hall–Kier alpha value is -1.82. The zero-order chi connectivity index (χ0) is 14.8. The first-order valence-corrected chi connectivity index (χ1v) is 6.19. The highest BCUT2D eigenvalue weighted by Gasteiger charge is 2.34. The zero-order valence-electron chi connectivity index (χ0n) is 11.2. The first-order chi connectivity index (χ1) is 9.38. The van der Waals surface area contributed by atoms with Crippen LogP contribution in [-0.4, -0.2) is 5.16 Å². The summed E-state index contributed by atoms with van der Waals surface area (Å²) in [4.78, 5) is 0. The molecule has 0 amide bonds. The summed E-state index contributed by atoms with van der Waals surface area (Å²) in [5, 5.41) is 6.81. The molecule has 2 rings (SSSR count). The molecule has 1 heterocycles. The summed E-state index contributed by atoms with van der Waals surface area (Å²) in [6.07, 6.45) is -4.35. The van der Waals surface area contributed by atoms with Crippen molar-refractivity contribution in [3.8, 4) is 0 Å². The molecule has 108 valence electrons. The highest BCUT2D eigenvalue weighted by Crippen LogP contribution is 2.34. The van der Waals surface area contributed by atoms with Crippen LogP contribution in [0.3, 0.4) is 0 Å². The van der Waals surface area contributed by atoms with Gasteiger partial charge in [-0.3, -0.25) is 0 Å². The molecule has 0 radical (unpaired) electrons. The number of nitrogens with one attached hydrogen (secondary N) is 1. The van der Waals surface area contributed by atoms with Crippen molar-refractivity contribution in [2.45, 2.75) is 32.6 Å². The van der Waals surface area contributed by atoms with Crippen LogP contribution in [0.5, 0.6) is 0 Å². The molecule has 0 aliphatic rings. The van der Waals surface area contributed by atoms with Gasteiger partial charge in [0.25, 0.3) is 0 Å². The van der Waals surface area contributed by atoms with Crippen molar-refractivity contribution in [3.63, 3.8) is 0 Å². The number of benzene rings is 1. The maximum Gasteiger partial charge on any atom is 0.416 e. The molecule has 0 spiro atoms. The van der Waals surface area contributed by atoms with Gasteiger partial charge in [-0.1, -0.05) is 23.4 Å². The molecule has 0 aliphatic heterocycles. The van der Waals surface area contributed by atoms with Crippen LogP contribution in [0.2, 0.25) is 0 Å². The molecule has 6 heteroatoms. The molecular weight excluding hydrogens is 269 g/mol. The first kappa shape index (κ1) is 14.6. The zero-order valence-corrected chi connectivity index (χ0v) is 11.2. The van der Waals surface area contributed by atoms with Crippen molar-refractivity contribution in [3.05, 3.63) is 52.9 Å². The number of nitrogens with zero attached hydrogens (tertiary/aromatic N) is 1. The summed E-state index contributed by atoms with van der Waals surface area (Å²) >= 11 is 0. The van der Waals surface area contributed by atoms with E-state index in [1.165, 1.54) is 12.1 Å². The standard InChI is InChI=1S/C14H15F3N2O/c1-9-7-11(19-20-9)8-18-10(2)12-5-3-4-6-13(12)14(15,16)17/h3-7,10,18H,8H2,1-2H3. The van der Waals surface area contributed by atoms with E-state index in [1.54, 1.807) is 26.0 Å².